The molecule has 0 fully saturated rings. The molecule has 0 bridgehead atoms. The highest BCUT2D eigenvalue weighted by atomic mass is 16.5. The summed E-state index contributed by atoms with van der Waals surface area (Å²) in [4.78, 5) is 18.3. The highest BCUT2D eigenvalue weighted by Crippen LogP contribution is 2.28. The summed E-state index contributed by atoms with van der Waals surface area (Å²) in [5.74, 6) is 1.24. The molecule has 0 unspecified atom stereocenters. The number of carbonyl (C=O) groups is 1. The van der Waals surface area contributed by atoms with Crippen molar-refractivity contribution < 1.29 is 14.3 Å². The maximum Gasteiger partial charge on any atom is 0.246 e. The summed E-state index contributed by atoms with van der Waals surface area (Å²) >= 11 is 0. The summed E-state index contributed by atoms with van der Waals surface area (Å²) in [6.07, 6.45) is 6.49. The number of amides is 1. The molecule has 30 heavy (non-hydrogen) atoms. The van der Waals surface area contributed by atoms with Crippen molar-refractivity contribution in [1.29, 1.82) is 0 Å². The molecular weight excluding hydrogens is 380 g/mol. The fourth-order valence-corrected chi connectivity index (χ4v) is 3.01. The van der Waals surface area contributed by atoms with Crippen LogP contribution in [-0.4, -0.2) is 46.3 Å². The van der Waals surface area contributed by atoms with E-state index < -0.39 is 0 Å². The van der Waals surface area contributed by atoms with Crippen LogP contribution in [-0.2, 0) is 4.79 Å². The Bertz CT molecular complexity index is 998. The minimum atomic E-state index is -0.0865. The minimum absolute atomic E-state index is 0.0817. The molecule has 7 heteroatoms. The zero-order chi connectivity index (χ0) is 21.5. The minimum Gasteiger partial charge on any atom is -0.493 e. The molecule has 1 heterocycles. The normalized spacial score (nSPS) is 12.0. The van der Waals surface area contributed by atoms with E-state index >= 15 is 0 Å². The van der Waals surface area contributed by atoms with Crippen molar-refractivity contribution in [1.82, 2.24) is 19.7 Å². The van der Waals surface area contributed by atoms with Gasteiger partial charge in [0.2, 0.25) is 5.91 Å². The van der Waals surface area contributed by atoms with Gasteiger partial charge in [-0.15, -0.1) is 0 Å². The van der Waals surface area contributed by atoms with Crippen molar-refractivity contribution in [3.8, 4) is 17.2 Å². The number of nitrogens with zero attached hydrogens (tertiary/aromatic N) is 4. The molecule has 3 aromatic rings. The molecule has 0 saturated carbocycles. The Balaban J connectivity index is 1.68. The summed E-state index contributed by atoms with van der Waals surface area (Å²) in [5.41, 5.74) is 2.82. The highest BCUT2D eigenvalue weighted by Gasteiger charge is 2.15. The standard InChI is InChI=1S/C23H26N4O3/c1-5-30-22-14-18(6-12-21(22)29-4)7-13-23(28)26(3)17(2)19-8-10-20(11-9-19)27-16-24-15-25-27/h6-17H,5H2,1-4H3/b13-7+/t17-/m0/s1. The van der Waals surface area contributed by atoms with Crippen LogP contribution in [0.2, 0.25) is 0 Å². The van der Waals surface area contributed by atoms with Gasteiger partial charge in [0.05, 0.1) is 25.4 Å². The quantitative estimate of drug-likeness (QED) is 0.531. The first-order valence-corrected chi connectivity index (χ1v) is 9.74. The largest absolute Gasteiger partial charge is 0.493 e. The molecule has 0 aliphatic heterocycles. The molecular formula is C23H26N4O3. The number of likely N-dealkylation sites (N-methyl/N-ethyl adjacent to an activating group) is 1. The first kappa shape index (κ1) is 21.1. The molecule has 0 aliphatic carbocycles. The third kappa shape index (κ3) is 4.86. The Morgan fingerprint density at radius 1 is 1.20 bits per heavy atom. The van der Waals surface area contributed by atoms with Crippen molar-refractivity contribution >= 4 is 12.0 Å². The van der Waals surface area contributed by atoms with Crippen LogP contribution in [0.5, 0.6) is 11.5 Å². The van der Waals surface area contributed by atoms with Gasteiger partial charge < -0.3 is 14.4 Å². The van der Waals surface area contributed by atoms with Gasteiger partial charge in [-0.1, -0.05) is 18.2 Å². The van der Waals surface area contributed by atoms with Gasteiger partial charge in [0.25, 0.3) is 0 Å². The monoisotopic (exact) mass is 406 g/mol. The van der Waals surface area contributed by atoms with Gasteiger partial charge in [0, 0.05) is 13.1 Å². The van der Waals surface area contributed by atoms with E-state index in [2.05, 4.69) is 10.1 Å². The molecule has 1 atom stereocenters. The molecule has 156 valence electrons. The molecule has 0 spiro atoms. The second kappa shape index (κ2) is 9.73. The number of ether oxygens (including phenoxy) is 2. The summed E-state index contributed by atoms with van der Waals surface area (Å²) in [6, 6.07) is 13.4. The Hall–Kier alpha value is -3.61. The Morgan fingerprint density at radius 3 is 2.60 bits per heavy atom. The first-order chi connectivity index (χ1) is 14.5. The van der Waals surface area contributed by atoms with E-state index in [4.69, 9.17) is 9.47 Å². The number of hydrogen-bond acceptors (Lipinski definition) is 5. The van der Waals surface area contributed by atoms with E-state index in [0.29, 0.717) is 18.1 Å². The number of aromatic nitrogens is 3. The second-order valence-electron chi connectivity index (χ2n) is 6.73. The number of methoxy groups -OCH3 is 1. The summed E-state index contributed by atoms with van der Waals surface area (Å²) in [5, 5.41) is 4.12. The molecule has 3 rings (SSSR count). The summed E-state index contributed by atoms with van der Waals surface area (Å²) in [6.45, 7) is 4.45. The first-order valence-electron chi connectivity index (χ1n) is 9.74. The number of carbonyl (C=O) groups excluding carboxylic acids is 1. The molecule has 2 aromatic carbocycles. The third-order valence-corrected chi connectivity index (χ3v) is 4.89. The van der Waals surface area contributed by atoms with E-state index in [1.165, 1.54) is 6.33 Å². The van der Waals surface area contributed by atoms with Crippen molar-refractivity contribution in [2.45, 2.75) is 19.9 Å². The molecule has 0 N–H and O–H groups in total. The average molecular weight is 406 g/mol. The van der Waals surface area contributed by atoms with Gasteiger partial charge in [-0.25, -0.2) is 9.67 Å². The van der Waals surface area contributed by atoms with Crippen LogP contribution in [0.3, 0.4) is 0 Å². The van der Waals surface area contributed by atoms with Crippen LogP contribution in [0, 0.1) is 0 Å². The fourth-order valence-electron chi connectivity index (χ4n) is 3.01. The highest BCUT2D eigenvalue weighted by molar-refractivity contribution is 5.92. The number of benzene rings is 2. The number of hydrogen-bond donors (Lipinski definition) is 0. The molecule has 7 nitrogen and oxygen atoms in total. The molecule has 0 saturated heterocycles. The lowest BCUT2D eigenvalue weighted by molar-refractivity contribution is -0.126. The van der Waals surface area contributed by atoms with Crippen LogP contribution in [0.25, 0.3) is 11.8 Å². The zero-order valence-corrected chi connectivity index (χ0v) is 17.6. The van der Waals surface area contributed by atoms with Crippen molar-refractivity contribution in [3.63, 3.8) is 0 Å². The Kier molecular flexibility index (Phi) is 6.85. The van der Waals surface area contributed by atoms with Gasteiger partial charge in [-0.05, 0) is 55.3 Å². The smallest absolute Gasteiger partial charge is 0.246 e. The van der Waals surface area contributed by atoms with E-state index in [0.717, 1.165) is 16.8 Å². The fraction of sp³-hybridized carbons (Fsp3) is 0.261. The van der Waals surface area contributed by atoms with Crippen molar-refractivity contribution in [2.75, 3.05) is 20.8 Å². The van der Waals surface area contributed by atoms with Gasteiger partial charge in [-0.2, -0.15) is 5.10 Å². The number of rotatable bonds is 8. The SMILES string of the molecule is CCOc1cc(/C=C/C(=O)N(C)[C@@H](C)c2ccc(-n3cncn3)cc2)ccc1OC. The van der Waals surface area contributed by atoms with Gasteiger partial charge in [0.15, 0.2) is 11.5 Å². The maximum absolute atomic E-state index is 12.7. The van der Waals surface area contributed by atoms with Gasteiger partial charge in [0.1, 0.15) is 12.7 Å². The summed E-state index contributed by atoms with van der Waals surface area (Å²) in [7, 11) is 3.40. The van der Waals surface area contributed by atoms with Crippen LogP contribution >= 0.6 is 0 Å². The van der Waals surface area contributed by atoms with Crippen molar-refractivity contribution in [3.05, 3.63) is 72.3 Å². The zero-order valence-electron chi connectivity index (χ0n) is 17.6. The Morgan fingerprint density at radius 2 is 1.97 bits per heavy atom. The van der Waals surface area contributed by atoms with Crippen LogP contribution in [0.1, 0.15) is 31.0 Å². The van der Waals surface area contributed by atoms with Crippen LogP contribution in [0.15, 0.2) is 61.2 Å². The lowest BCUT2D eigenvalue weighted by Gasteiger charge is -2.24. The third-order valence-electron chi connectivity index (χ3n) is 4.89. The lowest BCUT2D eigenvalue weighted by atomic mass is 10.1. The van der Waals surface area contributed by atoms with Gasteiger partial charge >= 0.3 is 0 Å². The van der Waals surface area contributed by atoms with Gasteiger partial charge in [-0.3, -0.25) is 4.79 Å². The van der Waals surface area contributed by atoms with E-state index in [1.807, 2.05) is 56.3 Å². The molecule has 0 aliphatic rings. The molecule has 1 aromatic heterocycles. The summed E-state index contributed by atoms with van der Waals surface area (Å²) < 4.78 is 12.6. The van der Waals surface area contributed by atoms with Crippen molar-refractivity contribution in [2.24, 2.45) is 0 Å². The lowest BCUT2D eigenvalue weighted by Crippen LogP contribution is -2.27. The topological polar surface area (TPSA) is 69.5 Å². The molecule has 0 radical (unpaired) electrons. The van der Waals surface area contributed by atoms with E-state index in [1.54, 1.807) is 42.2 Å². The maximum atomic E-state index is 12.7. The van der Waals surface area contributed by atoms with Crippen LogP contribution in [0.4, 0.5) is 0 Å². The predicted octanol–water partition coefficient (Wildman–Crippen LogP) is 3.91. The Labute approximate surface area is 176 Å². The predicted molar refractivity (Wildman–Crippen MR) is 116 cm³/mol. The van der Waals surface area contributed by atoms with E-state index in [9.17, 15) is 4.79 Å². The van der Waals surface area contributed by atoms with E-state index in [-0.39, 0.29) is 11.9 Å². The van der Waals surface area contributed by atoms with Crippen LogP contribution < -0.4 is 9.47 Å². The second-order valence-corrected chi connectivity index (χ2v) is 6.73. The molecule has 1 amide bonds. The average Bonchev–Trinajstić information content (AvgIpc) is 3.32.